The normalized spacial score (nSPS) is 15.9. The number of benzene rings is 1. The number of nitro benzene ring substituents is 1. The lowest BCUT2D eigenvalue weighted by atomic mass is 9.99. The molecule has 1 aromatic carbocycles. The first-order valence-electron chi connectivity index (χ1n) is 6.47. The fraction of sp³-hybridized carbons (Fsp3) is 0.538. The molecule has 1 heterocycles. The van der Waals surface area contributed by atoms with Gasteiger partial charge in [-0.25, -0.2) is 0 Å². The number of hydrogen-bond donors (Lipinski definition) is 1. The molecule has 0 saturated carbocycles. The molecule has 1 aliphatic rings. The quantitative estimate of drug-likeness (QED) is 0.656. The van der Waals surface area contributed by atoms with Gasteiger partial charge in [0.05, 0.1) is 23.1 Å². The average molecular weight is 345 g/mol. The molecule has 6 nitrogen and oxygen atoms in total. The number of nitro groups is 1. The van der Waals surface area contributed by atoms with Crippen LogP contribution >= 0.6 is 15.9 Å². The summed E-state index contributed by atoms with van der Waals surface area (Å²) in [6.07, 6.45) is 2.17. The van der Waals surface area contributed by atoms with E-state index in [1.165, 1.54) is 13.2 Å². The Labute approximate surface area is 125 Å². The summed E-state index contributed by atoms with van der Waals surface area (Å²) in [7, 11) is 1.41. The molecule has 1 aliphatic heterocycles. The highest BCUT2D eigenvalue weighted by Gasteiger charge is 2.20. The topological polar surface area (TPSA) is 73.6 Å². The van der Waals surface area contributed by atoms with Crippen LogP contribution < -0.4 is 14.8 Å². The molecule has 0 aromatic heterocycles. The van der Waals surface area contributed by atoms with Crippen LogP contribution in [0.25, 0.3) is 0 Å². The van der Waals surface area contributed by atoms with Gasteiger partial charge in [0.2, 0.25) is 5.75 Å². The van der Waals surface area contributed by atoms with Crippen molar-refractivity contribution in [2.24, 2.45) is 5.92 Å². The fourth-order valence-electron chi connectivity index (χ4n) is 2.20. The summed E-state index contributed by atoms with van der Waals surface area (Å²) in [5.74, 6) is 1.30. The summed E-state index contributed by atoms with van der Waals surface area (Å²) in [6.45, 7) is 2.64. The lowest BCUT2D eigenvalue weighted by Crippen LogP contribution is -2.30. The van der Waals surface area contributed by atoms with E-state index in [0.717, 1.165) is 25.9 Å². The molecule has 0 aliphatic carbocycles. The second-order valence-corrected chi connectivity index (χ2v) is 5.57. The molecular formula is C13H17BrN2O4. The second-order valence-electron chi connectivity index (χ2n) is 4.72. The standard InChI is InChI=1S/C13H17BrN2O4/c1-19-13-7-12(10(14)6-11(13)16(17)18)20-8-9-2-4-15-5-3-9/h6-7,9,15H,2-5,8H2,1H3. The number of methoxy groups -OCH3 is 1. The summed E-state index contributed by atoms with van der Waals surface area (Å²) in [6, 6.07) is 2.97. The van der Waals surface area contributed by atoms with Gasteiger partial charge in [-0.15, -0.1) is 0 Å². The summed E-state index contributed by atoms with van der Waals surface area (Å²) < 4.78 is 11.4. The number of hydrogen-bond acceptors (Lipinski definition) is 5. The molecule has 0 atom stereocenters. The van der Waals surface area contributed by atoms with Gasteiger partial charge in [-0.2, -0.15) is 0 Å². The maximum atomic E-state index is 10.9. The van der Waals surface area contributed by atoms with E-state index in [9.17, 15) is 10.1 Å². The Bertz CT molecular complexity index is 490. The Kier molecular flexibility index (Phi) is 5.19. The van der Waals surface area contributed by atoms with Gasteiger partial charge in [-0.05, 0) is 47.8 Å². The van der Waals surface area contributed by atoms with Gasteiger partial charge in [-0.3, -0.25) is 10.1 Å². The van der Waals surface area contributed by atoms with Crippen LogP contribution in [-0.4, -0.2) is 31.7 Å². The molecule has 2 rings (SSSR count). The van der Waals surface area contributed by atoms with E-state index in [1.807, 2.05) is 0 Å². The highest BCUT2D eigenvalue weighted by atomic mass is 79.9. The lowest BCUT2D eigenvalue weighted by Gasteiger charge is -2.23. The van der Waals surface area contributed by atoms with E-state index in [-0.39, 0.29) is 11.4 Å². The number of ether oxygens (including phenoxy) is 2. The summed E-state index contributed by atoms with van der Waals surface area (Å²) in [5, 5.41) is 14.2. The molecule has 1 N–H and O–H groups in total. The Hall–Kier alpha value is -1.34. The largest absolute Gasteiger partial charge is 0.492 e. The van der Waals surface area contributed by atoms with Crippen LogP contribution in [0.1, 0.15) is 12.8 Å². The predicted molar refractivity (Wildman–Crippen MR) is 78.4 cm³/mol. The minimum absolute atomic E-state index is 0.0754. The molecule has 1 saturated heterocycles. The average Bonchev–Trinajstić information content (AvgIpc) is 2.46. The SMILES string of the molecule is COc1cc(OCC2CCNCC2)c(Br)cc1[N+](=O)[O-]. The van der Waals surface area contributed by atoms with E-state index in [4.69, 9.17) is 9.47 Å². The molecule has 110 valence electrons. The van der Waals surface area contributed by atoms with Crippen molar-refractivity contribution in [1.82, 2.24) is 5.32 Å². The summed E-state index contributed by atoms with van der Waals surface area (Å²) >= 11 is 3.31. The third-order valence-corrected chi connectivity index (χ3v) is 3.98. The van der Waals surface area contributed by atoms with Crippen LogP contribution in [0.5, 0.6) is 11.5 Å². The Morgan fingerprint density at radius 1 is 1.40 bits per heavy atom. The maximum Gasteiger partial charge on any atom is 0.312 e. The zero-order valence-electron chi connectivity index (χ0n) is 11.2. The van der Waals surface area contributed by atoms with Crippen molar-refractivity contribution in [2.75, 3.05) is 26.8 Å². The Balaban J connectivity index is 2.09. The molecule has 0 bridgehead atoms. The molecule has 1 aromatic rings. The number of rotatable bonds is 5. The number of nitrogens with one attached hydrogen (secondary N) is 1. The zero-order valence-corrected chi connectivity index (χ0v) is 12.8. The van der Waals surface area contributed by atoms with Gasteiger partial charge in [0.25, 0.3) is 0 Å². The molecule has 0 radical (unpaired) electrons. The first-order valence-corrected chi connectivity index (χ1v) is 7.26. The number of halogens is 1. The molecule has 0 unspecified atom stereocenters. The van der Waals surface area contributed by atoms with Crippen molar-refractivity contribution in [3.05, 3.63) is 26.7 Å². The smallest absolute Gasteiger partial charge is 0.312 e. The lowest BCUT2D eigenvalue weighted by molar-refractivity contribution is -0.385. The zero-order chi connectivity index (χ0) is 14.5. The van der Waals surface area contributed by atoms with Gasteiger partial charge >= 0.3 is 5.69 Å². The van der Waals surface area contributed by atoms with Crippen molar-refractivity contribution in [1.29, 1.82) is 0 Å². The van der Waals surface area contributed by atoms with Crippen molar-refractivity contribution in [3.8, 4) is 11.5 Å². The Morgan fingerprint density at radius 2 is 2.10 bits per heavy atom. The molecule has 7 heteroatoms. The molecule has 0 spiro atoms. The molecular weight excluding hydrogens is 328 g/mol. The molecule has 20 heavy (non-hydrogen) atoms. The van der Waals surface area contributed by atoms with Crippen LogP contribution in [0, 0.1) is 16.0 Å². The first-order chi connectivity index (χ1) is 9.61. The van der Waals surface area contributed by atoms with Crippen molar-refractivity contribution < 1.29 is 14.4 Å². The highest BCUT2D eigenvalue weighted by Crippen LogP contribution is 2.37. The maximum absolute atomic E-state index is 10.9. The van der Waals surface area contributed by atoms with Gasteiger partial charge in [0, 0.05) is 12.1 Å². The second kappa shape index (κ2) is 6.90. The van der Waals surface area contributed by atoms with Gasteiger partial charge in [0.1, 0.15) is 5.75 Å². The van der Waals surface area contributed by atoms with Gasteiger partial charge in [-0.1, -0.05) is 0 Å². The van der Waals surface area contributed by atoms with E-state index >= 15 is 0 Å². The monoisotopic (exact) mass is 344 g/mol. The van der Waals surface area contributed by atoms with Crippen molar-refractivity contribution >= 4 is 21.6 Å². The summed E-state index contributed by atoms with van der Waals surface area (Å²) in [5.41, 5.74) is -0.0754. The van der Waals surface area contributed by atoms with Gasteiger partial charge in [0.15, 0.2) is 0 Å². The molecule has 1 fully saturated rings. The molecule has 0 amide bonds. The first kappa shape index (κ1) is 15.1. The Morgan fingerprint density at radius 3 is 2.70 bits per heavy atom. The van der Waals surface area contributed by atoms with Crippen LogP contribution in [0.15, 0.2) is 16.6 Å². The van der Waals surface area contributed by atoms with Crippen molar-refractivity contribution in [3.63, 3.8) is 0 Å². The van der Waals surface area contributed by atoms with Gasteiger partial charge < -0.3 is 14.8 Å². The van der Waals surface area contributed by atoms with E-state index in [1.54, 1.807) is 6.07 Å². The van der Waals surface area contributed by atoms with Crippen LogP contribution in [-0.2, 0) is 0 Å². The summed E-state index contributed by atoms with van der Waals surface area (Å²) in [4.78, 5) is 10.4. The van der Waals surface area contributed by atoms with Crippen LogP contribution in [0.4, 0.5) is 5.69 Å². The highest BCUT2D eigenvalue weighted by molar-refractivity contribution is 9.10. The number of nitrogens with zero attached hydrogens (tertiary/aromatic N) is 1. The van der Waals surface area contributed by atoms with Crippen LogP contribution in [0.3, 0.4) is 0 Å². The minimum Gasteiger partial charge on any atom is -0.492 e. The van der Waals surface area contributed by atoms with E-state index in [0.29, 0.717) is 22.7 Å². The minimum atomic E-state index is -0.472. The fourth-order valence-corrected chi connectivity index (χ4v) is 2.64. The van der Waals surface area contributed by atoms with E-state index < -0.39 is 4.92 Å². The third kappa shape index (κ3) is 3.61. The third-order valence-electron chi connectivity index (χ3n) is 3.36. The van der Waals surface area contributed by atoms with Crippen LogP contribution in [0.2, 0.25) is 0 Å². The van der Waals surface area contributed by atoms with E-state index in [2.05, 4.69) is 21.2 Å². The number of piperidine rings is 1. The predicted octanol–water partition coefficient (Wildman–Crippen LogP) is 2.74. The van der Waals surface area contributed by atoms with Crippen molar-refractivity contribution in [2.45, 2.75) is 12.8 Å².